The van der Waals surface area contributed by atoms with E-state index < -0.39 is 5.97 Å². The molecular formula is C19H15Cl2NO3. The normalized spacial score (nSPS) is 10.8. The third kappa shape index (κ3) is 3.55. The summed E-state index contributed by atoms with van der Waals surface area (Å²) in [6.07, 6.45) is 0.331. The first kappa shape index (κ1) is 17.5. The van der Waals surface area contributed by atoms with Gasteiger partial charge in [-0.15, -0.1) is 0 Å². The van der Waals surface area contributed by atoms with Gasteiger partial charge >= 0.3 is 5.97 Å². The number of esters is 1. The Kier molecular flexibility index (Phi) is 5.11. The van der Waals surface area contributed by atoms with Crippen LogP contribution in [0.15, 0.2) is 42.5 Å². The molecule has 1 heterocycles. The summed E-state index contributed by atoms with van der Waals surface area (Å²) in [7, 11) is 0. The lowest BCUT2D eigenvalue weighted by Gasteiger charge is -2.13. The monoisotopic (exact) mass is 375 g/mol. The topological polar surface area (TPSA) is 59.4 Å². The molecule has 0 fully saturated rings. The summed E-state index contributed by atoms with van der Waals surface area (Å²) in [5.74, 6) is -0.884. The van der Waals surface area contributed by atoms with Crippen molar-refractivity contribution in [3.8, 4) is 5.75 Å². The fourth-order valence-electron chi connectivity index (χ4n) is 2.64. The largest absolute Gasteiger partial charge is 0.505 e. The van der Waals surface area contributed by atoms with Gasteiger partial charge in [-0.2, -0.15) is 0 Å². The molecule has 0 amide bonds. The lowest BCUT2D eigenvalue weighted by molar-refractivity contribution is 0.0516. The number of aromatic hydroxyl groups is 1. The van der Waals surface area contributed by atoms with Crippen molar-refractivity contribution in [1.29, 1.82) is 0 Å². The third-order valence-electron chi connectivity index (χ3n) is 3.82. The molecule has 0 saturated carbocycles. The average molecular weight is 376 g/mol. The van der Waals surface area contributed by atoms with E-state index in [0.717, 1.165) is 5.56 Å². The molecule has 0 unspecified atom stereocenters. The van der Waals surface area contributed by atoms with E-state index in [-0.39, 0.29) is 18.1 Å². The van der Waals surface area contributed by atoms with Gasteiger partial charge in [-0.1, -0.05) is 41.4 Å². The molecule has 25 heavy (non-hydrogen) atoms. The van der Waals surface area contributed by atoms with Crippen LogP contribution < -0.4 is 0 Å². The van der Waals surface area contributed by atoms with Crippen molar-refractivity contribution in [2.45, 2.75) is 13.3 Å². The second kappa shape index (κ2) is 7.30. The molecule has 0 aliphatic carbocycles. The van der Waals surface area contributed by atoms with Crippen molar-refractivity contribution in [3.05, 3.63) is 69.3 Å². The molecule has 0 aliphatic heterocycles. The molecule has 0 atom stereocenters. The number of hydrogen-bond acceptors (Lipinski definition) is 4. The zero-order chi connectivity index (χ0) is 18.0. The molecule has 0 aliphatic rings. The molecule has 0 bridgehead atoms. The number of pyridine rings is 1. The lowest BCUT2D eigenvalue weighted by Crippen LogP contribution is -2.09. The number of carbonyl (C=O) groups is 1. The summed E-state index contributed by atoms with van der Waals surface area (Å²) >= 11 is 12.3. The molecule has 6 heteroatoms. The number of fused-ring (bicyclic) bond motifs is 1. The van der Waals surface area contributed by atoms with Crippen molar-refractivity contribution in [1.82, 2.24) is 4.98 Å². The van der Waals surface area contributed by atoms with Gasteiger partial charge < -0.3 is 9.84 Å². The molecule has 1 N–H and O–H groups in total. The highest BCUT2D eigenvalue weighted by Gasteiger charge is 2.21. The molecule has 3 aromatic rings. The van der Waals surface area contributed by atoms with Crippen LogP contribution in [0.25, 0.3) is 10.9 Å². The van der Waals surface area contributed by atoms with E-state index in [4.69, 9.17) is 27.9 Å². The molecular weight excluding hydrogens is 361 g/mol. The number of benzene rings is 2. The Labute approximate surface area is 155 Å². The summed E-state index contributed by atoms with van der Waals surface area (Å²) in [6.45, 7) is 1.89. The van der Waals surface area contributed by atoms with Gasteiger partial charge in [0.05, 0.1) is 12.1 Å². The van der Waals surface area contributed by atoms with Gasteiger partial charge in [0.25, 0.3) is 0 Å². The predicted molar refractivity (Wildman–Crippen MR) is 98.6 cm³/mol. The Hall–Kier alpha value is -2.30. The molecule has 0 spiro atoms. The molecule has 3 rings (SSSR count). The smallest absolute Gasteiger partial charge is 0.360 e. The van der Waals surface area contributed by atoms with Crippen molar-refractivity contribution in [3.63, 3.8) is 0 Å². The number of aromatic nitrogens is 1. The summed E-state index contributed by atoms with van der Waals surface area (Å²) in [6, 6.07) is 12.4. The molecule has 1 aromatic heterocycles. The lowest BCUT2D eigenvalue weighted by atomic mass is 9.98. The van der Waals surface area contributed by atoms with Crippen LogP contribution in [0.3, 0.4) is 0 Å². The first-order valence-corrected chi connectivity index (χ1v) is 8.48. The number of hydrogen-bond donors (Lipinski definition) is 1. The minimum absolute atomic E-state index is 0.112. The van der Waals surface area contributed by atoms with E-state index in [1.165, 1.54) is 0 Å². The highest BCUT2D eigenvalue weighted by Crippen LogP contribution is 2.34. The fourth-order valence-corrected chi connectivity index (χ4v) is 3.02. The highest BCUT2D eigenvalue weighted by atomic mass is 35.5. The maximum absolute atomic E-state index is 12.2. The van der Waals surface area contributed by atoms with Crippen LogP contribution in [-0.2, 0) is 11.2 Å². The van der Waals surface area contributed by atoms with Gasteiger partial charge in [-0.05, 0) is 36.8 Å². The zero-order valence-electron chi connectivity index (χ0n) is 13.4. The van der Waals surface area contributed by atoms with E-state index in [0.29, 0.717) is 32.9 Å². The van der Waals surface area contributed by atoms with Crippen molar-refractivity contribution in [2.24, 2.45) is 0 Å². The van der Waals surface area contributed by atoms with Crippen LogP contribution in [-0.4, -0.2) is 22.7 Å². The molecule has 0 saturated heterocycles. The van der Waals surface area contributed by atoms with Crippen LogP contribution >= 0.6 is 23.2 Å². The van der Waals surface area contributed by atoms with Crippen molar-refractivity contribution in [2.75, 3.05) is 6.61 Å². The number of nitrogens with zero attached hydrogens (tertiary/aromatic N) is 1. The van der Waals surface area contributed by atoms with Crippen LogP contribution in [0.4, 0.5) is 0 Å². The Balaban J connectivity index is 2.23. The fraction of sp³-hybridized carbons (Fsp3) is 0.158. The maximum atomic E-state index is 12.2. The van der Waals surface area contributed by atoms with E-state index in [9.17, 15) is 9.90 Å². The second-order valence-electron chi connectivity index (χ2n) is 5.44. The maximum Gasteiger partial charge on any atom is 0.360 e. The van der Waals surface area contributed by atoms with Crippen molar-refractivity contribution >= 4 is 40.1 Å². The van der Waals surface area contributed by atoms with Gasteiger partial charge in [0.15, 0.2) is 11.4 Å². The van der Waals surface area contributed by atoms with E-state index >= 15 is 0 Å². The summed E-state index contributed by atoms with van der Waals surface area (Å²) in [4.78, 5) is 16.4. The minimum atomic E-state index is -0.669. The third-order valence-corrected chi connectivity index (χ3v) is 4.42. The number of carbonyl (C=O) groups excluding carboxylic acids is 1. The van der Waals surface area contributed by atoms with Gasteiger partial charge in [0, 0.05) is 27.4 Å². The van der Waals surface area contributed by atoms with Crippen LogP contribution in [0.2, 0.25) is 10.0 Å². The number of halogens is 2. The van der Waals surface area contributed by atoms with Crippen LogP contribution in [0.1, 0.15) is 28.5 Å². The zero-order valence-corrected chi connectivity index (χ0v) is 14.9. The SMILES string of the molecule is CCOC(=O)c1nc2ccc(Cl)cc2c(Cc2ccccc2Cl)c1O. The average Bonchev–Trinajstić information content (AvgIpc) is 2.59. The van der Waals surface area contributed by atoms with Gasteiger partial charge in [-0.3, -0.25) is 0 Å². The number of ether oxygens (including phenoxy) is 1. The summed E-state index contributed by atoms with van der Waals surface area (Å²) < 4.78 is 5.00. The van der Waals surface area contributed by atoms with Crippen LogP contribution in [0.5, 0.6) is 5.75 Å². The van der Waals surface area contributed by atoms with Gasteiger partial charge in [-0.25, -0.2) is 9.78 Å². The second-order valence-corrected chi connectivity index (χ2v) is 6.28. The van der Waals surface area contributed by atoms with Gasteiger partial charge in [0.1, 0.15) is 0 Å². The Morgan fingerprint density at radius 2 is 1.96 bits per heavy atom. The first-order chi connectivity index (χ1) is 12.0. The standard InChI is InChI=1S/C19H15Cl2NO3/c1-2-25-19(24)17-18(23)14(9-11-5-3-4-6-15(11)21)13-10-12(20)7-8-16(13)22-17/h3-8,10,23H,2,9H2,1H3. The first-order valence-electron chi connectivity index (χ1n) is 7.73. The van der Waals surface area contributed by atoms with Crippen LogP contribution in [0, 0.1) is 0 Å². The quantitative estimate of drug-likeness (QED) is 0.650. The molecule has 0 radical (unpaired) electrons. The van der Waals surface area contributed by atoms with Crippen molar-refractivity contribution < 1.29 is 14.6 Å². The summed E-state index contributed by atoms with van der Waals surface area (Å²) in [5.41, 5.74) is 1.79. The number of rotatable bonds is 4. The molecule has 2 aromatic carbocycles. The Morgan fingerprint density at radius 3 is 2.68 bits per heavy atom. The van der Waals surface area contributed by atoms with E-state index in [1.807, 2.05) is 18.2 Å². The molecule has 128 valence electrons. The predicted octanol–water partition coefficient (Wildman–Crippen LogP) is 5.01. The minimum Gasteiger partial charge on any atom is -0.505 e. The highest BCUT2D eigenvalue weighted by molar-refractivity contribution is 6.31. The summed E-state index contributed by atoms with van der Waals surface area (Å²) in [5, 5.41) is 12.4. The van der Waals surface area contributed by atoms with E-state index in [1.54, 1.807) is 31.2 Å². The van der Waals surface area contributed by atoms with Gasteiger partial charge in [0.2, 0.25) is 0 Å². The molecule has 4 nitrogen and oxygen atoms in total. The Bertz CT molecular complexity index is 957. The Morgan fingerprint density at radius 1 is 1.20 bits per heavy atom. The van der Waals surface area contributed by atoms with E-state index in [2.05, 4.69) is 4.98 Å².